The topological polar surface area (TPSA) is 51.0 Å². The number of rotatable bonds is 4. The molecule has 0 fully saturated rings. The van der Waals surface area contributed by atoms with E-state index in [0.717, 1.165) is 15.7 Å². The maximum atomic E-state index is 5.98. The molecular weight excluding hydrogens is 365 g/mol. The zero-order valence-electron chi connectivity index (χ0n) is 10.1. The van der Waals surface area contributed by atoms with E-state index < -0.39 is 0 Å². The van der Waals surface area contributed by atoms with Crippen LogP contribution in [0, 0.1) is 3.57 Å². The van der Waals surface area contributed by atoms with Gasteiger partial charge < -0.3 is 9.73 Å². The molecule has 1 atom stereocenters. The summed E-state index contributed by atoms with van der Waals surface area (Å²) >= 11 is 8.20. The Kier molecular flexibility index (Phi) is 4.58. The largest absolute Gasteiger partial charge is 0.419 e. The van der Waals surface area contributed by atoms with E-state index in [-0.39, 0.29) is 6.04 Å². The lowest BCUT2D eigenvalue weighted by molar-refractivity contribution is 0.429. The highest BCUT2D eigenvalue weighted by molar-refractivity contribution is 14.1. The average Bonchev–Trinajstić information content (AvgIpc) is 2.82. The van der Waals surface area contributed by atoms with E-state index in [0.29, 0.717) is 16.8 Å². The summed E-state index contributed by atoms with van der Waals surface area (Å²) in [6, 6.07) is 5.65. The zero-order valence-corrected chi connectivity index (χ0v) is 13.0. The van der Waals surface area contributed by atoms with Gasteiger partial charge in [-0.3, -0.25) is 0 Å². The second-order valence-electron chi connectivity index (χ2n) is 3.85. The van der Waals surface area contributed by atoms with Crippen molar-refractivity contribution in [1.29, 1.82) is 0 Å². The van der Waals surface area contributed by atoms with Gasteiger partial charge in [-0.25, -0.2) is 0 Å². The lowest BCUT2D eigenvalue weighted by atomic mass is 10.2. The molecule has 0 saturated heterocycles. The highest BCUT2D eigenvalue weighted by Gasteiger charge is 2.15. The first-order valence-corrected chi connectivity index (χ1v) is 7.09. The fraction of sp³-hybridized carbons (Fsp3) is 0.333. The zero-order chi connectivity index (χ0) is 13.1. The van der Waals surface area contributed by atoms with E-state index in [2.05, 4.69) is 38.1 Å². The van der Waals surface area contributed by atoms with E-state index in [4.69, 9.17) is 16.0 Å². The predicted molar refractivity (Wildman–Crippen MR) is 79.6 cm³/mol. The molecule has 0 saturated carbocycles. The molecule has 0 aliphatic carbocycles. The fourth-order valence-electron chi connectivity index (χ4n) is 1.57. The van der Waals surface area contributed by atoms with Crippen LogP contribution in [0.1, 0.15) is 25.8 Å². The molecule has 1 unspecified atom stereocenters. The van der Waals surface area contributed by atoms with Gasteiger partial charge in [0.05, 0.1) is 11.6 Å². The van der Waals surface area contributed by atoms with Gasteiger partial charge >= 0.3 is 0 Å². The standard InChI is InChI=1S/C12H13ClIN3O/c1-3-15-7(2)11-16-17-12(18-11)9-6-8(13)4-5-10(9)14/h4-7,15H,3H2,1-2H3. The third kappa shape index (κ3) is 3.02. The summed E-state index contributed by atoms with van der Waals surface area (Å²) < 4.78 is 6.70. The molecule has 2 aromatic rings. The van der Waals surface area contributed by atoms with Gasteiger partial charge in [-0.05, 0) is 54.3 Å². The molecule has 1 heterocycles. The summed E-state index contributed by atoms with van der Waals surface area (Å²) in [5.41, 5.74) is 0.866. The molecule has 4 nitrogen and oxygen atoms in total. The Morgan fingerprint density at radius 3 is 2.94 bits per heavy atom. The van der Waals surface area contributed by atoms with Crippen LogP contribution in [0.25, 0.3) is 11.5 Å². The molecule has 1 N–H and O–H groups in total. The van der Waals surface area contributed by atoms with E-state index >= 15 is 0 Å². The molecular formula is C12H13ClIN3O. The second kappa shape index (κ2) is 5.99. The highest BCUT2D eigenvalue weighted by atomic mass is 127. The number of nitrogens with zero attached hydrogens (tertiary/aromatic N) is 2. The molecule has 0 radical (unpaired) electrons. The lowest BCUT2D eigenvalue weighted by Crippen LogP contribution is -2.17. The molecule has 6 heteroatoms. The first kappa shape index (κ1) is 13.8. The SMILES string of the molecule is CCNC(C)c1nnc(-c2cc(Cl)ccc2I)o1. The van der Waals surface area contributed by atoms with Gasteiger partial charge in [-0.15, -0.1) is 10.2 Å². The van der Waals surface area contributed by atoms with E-state index in [1.807, 2.05) is 32.0 Å². The summed E-state index contributed by atoms with van der Waals surface area (Å²) in [5, 5.41) is 12.0. The molecule has 0 aliphatic rings. The molecule has 2 rings (SSSR count). The van der Waals surface area contributed by atoms with Crippen LogP contribution in [0.5, 0.6) is 0 Å². The van der Waals surface area contributed by atoms with Crippen molar-refractivity contribution < 1.29 is 4.42 Å². The lowest BCUT2D eigenvalue weighted by Gasteiger charge is -2.06. The van der Waals surface area contributed by atoms with Gasteiger partial charge in [0.1, 0.15) is 0 Å². The summed E-state index contributed by atoms with van der Waals surface area (Å²) in [6.07, 6.45) is 0. The Bertz CT molecular complexity index is 544. The molecule has 0 aliphatic heterocycles. The molecule has 0 amide bonds. The van der Waals surface area contributed by atoms with Gasteiger partial charge in [-0.1, -0.05) is 18.5 Å². The van der Waals surface area contributed by atoms with Crippen molar-refractivity contribution in [1.82, 2.24) is 15.5 Å². The van der Waals surface area contributed by atoms with E-state index in [1.54, 1.807) is 0 Å². The van der Waals surface area contributed by atoms with E-state index in [1.165, 1.54) is 0 Å². The monoisotopic (exact) mass is 377 g/mol. The summed E-state index contributed by atoms with van der Waals surface area (Å²) in [7, 11) is 0. The Labute approximate surface area is 124 Å². The van der Waals surface area contributed by atoms with Crippen LogP contribution in [0.2, 0.25) is 5.02 Å². The minimum Gasteiger partial charge on any atom is -0.419 e. The molecule has 0 spiro atoms. The van der Waals surface area contributed by atoms with E-state index in [9.17, 15) is 0 Å². The van der Waals surface area contributed by atoms with Crippen molar-refractivity contribution in [3.8, 4) is 11.5 Å². The van der Waals surface area contributed by atoms with Gasteiger partial charge in [0.15, 0.2) is 0 Å². The van der Waals surface area contributed by atoms with Crippen molar-refractivity contribution >= 4 is 34.2 Å². The number of benzene rings is 1. The van der Waals surface area contributed by atoms with Crippen LogP contribution in [-0.4, -0.2) is 16.7 Å². The quantitative estimate of drug-likeness (QED) is 0.826. The van der Waals surface area contributed by atoms with Gasteiger partial charge in [0.25, 0.3) is 0 Å². The number of hydrogen-bond donors (Lipinski definition) is 1. The van der Waals surface area contributed by atoms with Crippen molar-refractivity contribution in [2.75, 3.05) is 6.54 Å². The van der Waals surface area contributed by atoms with Gasteiger partial charge in [0, 0.05) is 8.59 Å². The van der Waals surface area contributed by atoms with Crippen molar-refractivity contribution in [3.63, 3.8) is 0 Å². The molecule has 1 aromatic carbocycles. The summed E-state index contributed by atoms with van der Waals surface area (Å²) in [5.74, 6) is 1.09. The third-order valence-electron chi connectivity index (χ3n) is 2.48. The van der Waals surface area contributed by atoms with Crippen molar-refractivity contribution in [2.45, 2.75) is 19.9 Å². The number of hydrogen-bond acceptors (Lipinski definition) is 4. The summed E-state index contributed by atoms with van der Waals surface area (Å²) in [4.78, 5) is 0. The number of aromatic nitrogens is 2. The predicted octanol–water partition coefficient (Wildman–Crippen LogP) is 3.67. The van der Waals surface area contributed by atoms with Crippen molar-refractivity contribution in [2.24, 2.45) is 0 Å². The summed E-state index contributed by atoms with van der Waals surface area (Å²) in [6.45, 7) is 4.88. The third-order valence-corrected chi connectivity index (χ3v) is 3.66. The maximum absolute atomic E-state index is 5.98. The number of halogens is 2. The Hall–Kier alpha value is -0.660. The first-order chi connectivity index (χ1) is 8.61. The molecule has 96 valence electrons. The fourth-order valence-corrected chi connectivity index (χ4v) is 2.31. The minimum atomic E-state index is 0.0492. The maximum Gasteiger partial charge on any atom is 0.248 e. The van der Waals surface area contributed by atoms with Gasteiger partial charge in [0.2, 0.25) is 11.8 Å². The second-order valence-corrected chi connectivity index (χ2v) is 5.45. The minimum absolute atomic E-state index is 0.0492. The van der Waals surface area contributed by atoms with Crippen molar-refractivity contribution in [3.05, 3.63) is 32.7 Å². The average molecular weight is 378 g/mol. The first-order valence-electron chi connectivity index (χ1n) is 5.64. The Morgan fingerprint density at radius 2 is 2.22 bits per heavy atom. The van der Waals surface area contributed by atoms with Crippen LogP contribution in [0.15, 0.2) is 22.6 Å². The Morgan fingerprint density at radius 1 is 1.44 bits per heavy atom. The van der Waals surface area contributed by atoms with Crippen LogP contribution in [0.4, 0.5) is 0 Å². The van der Waals surface area contributed by atoms with Crippen LogP contribution < -0.4 is 5.32 Å². The Balaban J connectivity index is 2.32. The van der Waals surface area contributed by atoms with Crippen LogP contribution in [0.3, 0.4) is 0 Å². The number of nitrogens with one attached hydrogen (secondary N) is 1. The smallest absolute Gasteiger partial charge is 0.248 e. The molecule has 1 aromatic heterocycles. The van der Waals surface area contributed by atoms with Gasteiger partial charge in [-0.2, -0.15) is 0 Å². The highest BCUT2D eigenvalue weighted by Crippen LogP contribution is 2.28. The van der Waals surface area contributed by atoms with Crippen LogP contribution >= 0.6 is 34.2 Å². The normalized spacial score (nSPS) is 12.7. The molecule has 0 bridgehead atoms. The van der Waals surface area contributed by atoms with Crippen LogP contribution in [-0.2, 0) is 0 Å². The molecule has 18 heavy (non-hydrogen) atoms.